The van der Waals surface area contributed by atoms with E-state index in [4.69, 9.17) is 4.74 Å². The summed E-state index contributed by atoms with van der Waals surface area (Å²) in [6.45, 7) is 13.7. The Balaban J connectivity index is 0.000000979. The zero-order chi connectivity index (χ0) is 25.2. The zero-order valence-corrected chi connectivity index (χ0v) is 21.7. The molecule has 0 spiro atoms. The van der Waals surface area contributed by atoms with Gasteiger partial charge in [0.2, 0.25) is 5.91 Å². The molecule has 2 unspecified atom stereocenters. The van der Waals surface area contributed by atoms with Crippen LogP contribution in [0.5, 0.6) is 0 Å². The normalized spacial score (nSPS) is 22.0. The number of nitrogens with one attached hydrogen (secondary N) is 2. The Kier molecular flexibility index (Phi) is 11.9. The number of amides is 3. The Morgan fingerprint density at radius 2 is 1.64 bits per heavy atom. The molecule has 8 heteroatoms. The molecular weight excluding hydrogens is 422 g/mol. The van der Waals surface area contributed by atoms with Crippen molar-refractivity contribution in [3.05, 3.63) is 0 Å². The van der Waals surface area contributed by atoms with Gasteiger partial charge in [-0.25, -0.2) is 4.79 Å². The van der Waals surface area contributed by atoms with Gasteiger partial charge in [-0.2, -0.15) is 0 Å². The number of rotatable bonds is 7. The van der Waals surface area contributed by atoms with Crippen molar-refractivity contribution in [2.75, 3.05) is 19.7 Å². The Labute approximate surface area is 199 Å². The van der Waals surface area contributed by atoms with Crippen LogP contribution >= 0.6 is 0 Å². The number of esters is 1. The third kappa shape index (κ3) is 11.0. The lowest BCUT2D eigenvalue weighted by atomic mass is 9.85. The van der Waals surface area contributed by atoms with Crippen molar-refractivity contribution < 1.29 is 23.9 Å². The Hall–Kier alpha value is -2.12. The molecule has 3 amide bonds. The second-order valence-corrected chi connectivity index (χ2v) is 10.3. The second-order valence-electron chi connectivity index (χ2n) is 10.3. The maximum absolute atomic E-state index is 13.2. The van der Waals surface area contributed by atoms with Gasteiger partial charge in [0.15, 0.2) is 5.78 Å². The fourth-order valence-electron chi connectivity index (χ4n) is 3.37. The van der Waals surface area contributed by atoms with E-state index in [0.717, 1.165) is 12.8 Å². The van der Waals surface area contributed by atoms with Crippen molar-refractivity contribution in [2.45, 2.75) is 99.1 Å². The summed E-state index contributed by atoms with van der Waals surface area (Å²) in [7, 11) is 0. The van der Waals surface area contributed by atoms with E-state index in [1.807, 2.05) is 41.5 Å². The lowest BCUT2D eigenvalue weighted by Gasteiger charge is -2.35. The number of nitrogens with zero attached hydrogens (tertiary/aromatic N) is 1. The number of hydrogen-bond acceptors (Lipinski definition) is 5. The lowest BCUT2D eigenvalue weighted by Crippen LogP contribution is -2.58. The molecule has 3 fully saturated rings. The summed E-state index contributed by atoms with van der Waals surface area (Å²) in [4.78, 5) is 50.6. The van der Waals surface area contributed by atoms with Gasteiger partial charge in [-0.15, -0.1) is 0 Å². The third-order valence-corrected chi connectivity index (χ3v) is 5.57. The van der Waals surface area contributed by atoms with Crippen molar-refractivity contribution >= 4 is 23.7 Å². The van der Waals surface area contributed by atoms with E-state index in [1.54, 1.807) is 4.90 Å². The minimum Gasteiger partial charge on any atom is -0.464 e. The second kappa shape index (κ2) is 13.6. The fraction of sp³-hybridized carbons (Fsp3) is 0.840. The molecule has 0 bridgehead atoms. The highest BCUT2D eigenvalue weighted by Gasteiger charge is 2.42. The van der Waals surface area contributed by atoms with Crippen molar-refractivity contribution in [3.8, 4) is 0 Å². The molecule has 3 atom stereocenters. The predicted octanol–water partition coefficient (Wildman–Crippen LogP) is 3.68. The van der Waals surface area contributed by atoms with Crippen LogP contribution in [0.2, 0.25) is 0 Å². The standard InChI is InChI=1S/C20H33N3O5.C3H6.C2H6/c1-12-8-15(13(2)24)23(10-12)18(26)17(20(3,4)5)22-19(27)21-9-16(25)28-11-14-6-7-14;1-2-3-1;1-2/h12,14-15,17H,6-11H2,1-5H3,(H2,21,22,27);1-3H2;1-2H3/t12-,15?,17?;;/m1../s1. The van der Waals surface area contributed by atoms with Crippen LogP contribution in [0.4, 0.5) is 4.79 Å². The number of likely N-dealkylation sites (tertiary alicyclic amines) is 1. The minimum atomic E-state index is -0.817. The number of ether oxygens (including phenoxy) is 1. The quantitative estimate of drug-likeness (QED) is 0.556. The third-order valence-electron chi connectivity index (χ3n) is 5.57. The van der Waals surface area contributed by atoms with E-state index in [9.17, 15) is 19.2 Å². The first kappa shape index (κ1) is 28.9. The first-order valence-electron chi connectivity index (χ1n) is 12.5. The van der Waals surface area contributed by atoms with Gasteiger partial charge in [0.25, 0.3) is 0 Å². The van der Waals surface area contributed by atoms with Gasteiger partial charge < -0.3 is 20.3 Å². The number of hydrogen-bond donors (Lipinski definition) is 2. The molecule has 1 heterocycles. The Bertz CT molecular complexity index is 665. The Morgan fingerprint density at radius 1 is 1.06 bits per heavy atom. The molecule has 0 aromatic heterocycles. The molecule has 2 aliphatic carbocycles. The first-order chi connectivity index (χ1) is 15.5. The highest BCUT2D eigenvalue weighted by molar-refractivity contribution is 5.93. The van der Waals surface area contributed by atoms with Gasteiger partial charge in [-0.1, -0.05) is 60.8 Å². The highest BCUT2D eigenvalue weighted by atomic mass is 16.5. The van der Waals surface area contributed by atoms with Gasteiger partial charge in [0, 0.05) is 6.54 Å². The molecule has 3 aliphatic rings. The molecule has 2 saturated carbocycles. The van der Waals surface area contributed by atoms with Crippen LogP contribution in [-0.4, -0.2) is 60.4 Å². The van der Waals surface area contributed by atoms with Gasteiger partial charge in [-0.3, -0.25) is 14.4 Å². The minimum absolute atomic E-state index is 0.0479. The molecule has 1 aliphatic heterocycles. The van der Waals surface area contributed by atoms with E-state index >= 15 is 0 Å². The summed E-state index contributed by atoms with van der Waals surface area (Å²) in [5, 5.41) is 5.14. The molecule has 2 N–H and O–H groups in total. The number of carbonyl (C=O) groups is 4. The lowest BCUT2D eigenvalue weighted by molar-refractivity contribution is -0.142. The Morgan fingerprint density at radius 3 is 2.09 bits per heavy atom. The number of urea groups is 1. The van der Waals surface area contributed by atoms with Crippen molar-refractivity contribution in [3.63, 3.8) is 0 Å². The molecule has 0 aromatic rings. The zero-order valence-electron chi connectivity index (χ0n) is 21.7. The smallest absolute Gasteiger partial charge is 0.325 e. The van der Waals surface area contributed by atoms with Crippen LogP contribution in [0.1, 0.15) is 87.0 Å². The molecule has 190 valence electrons. The van der Waals surface area contributed by atoms with Crippen LogP contribution < -0.4 is 10.6 Å². The van der Waals surface area contributed by atoms with E-state index in [2.05, 4.69) is 10.6 Å². The molecule has 8 nitrogen and oxygen atoms in total. The summed E-state index contributed by atoms with van der Waals surface area (Å²) in [6, 6.07) is -1.87. The fourth-order valence-corrected chi connectivity index (χ4v) is 3.37. The van der Waals surface area contributed by atoms with Crippen LogP contribution in [0.3, 0.4) is 0 Å². The molecular formula is C25H45N3O5. The summed E-state index contributed by atoms with van der Waals surface area (Å²) in [5.41, 5.74) is -0.561. The SMILES string of the molecule is C1CC1.CC.CC(=O)C1C[C@@H](C)CN1C(=O)C(NC(=O)NCC(=O)OCC1CC1)C(C)(C)C. The van der Waals surface area contributed by atoms with Gasteiger partial charge in [-0.05, 0) is 43.4 Å². The highest BCUT2D eigenvalue weighted by Crippen LogP contribution is 2.29. The maximum atomic E-state index is 13.2. The number of Topliss-reactive ketones (excluding diaryl/α,β-unsaturated/α-hetero) is 1. The first-order valence-corrected chi connectivity index (χ1v) is 12.5. The van der Waals surface area contributed by atoms with Crippen LogP contribution in [-0.2, 0) is 19.1 Å². The van der Waals surface area contributed by atoms with Crippen LogP contribution in [0.25, 0.3) is 0 Å². The predicted molar refractivity (Wildman–Crippen MR) is 129 cm³/mol. The summed E-state index contributed by atoms with van der Waals surface area (Å²) < 4.78 is 5.08. The van der Waals surface area contributed by atoms with E-state index in [0.29, 0.717) is 25.5 Å². The van der Waals surface area contributed by atoms with E-state index in [-0.39, 0.29) is 24.2 Å². The number of carbonyl (C=O) groups excluding carboxylic acids is 4. The van der Waals surface area contributed by atoms with E-state index in [1.165, 1.54) is 26.2 Å². The average molecular weight is 468 g/mol. The monoisotopic (exact) mass is 467 g/mol. The van der Waals surface area contributed by atoms with Crippen LogP contribution in [0, 0.1) is 17.3 Å². The molecule has 1 saturated heterocycles. The van der Waals surface area contributed by atoms with Crippen molar-refractivity contribution in [2.24, 2.45) is 17.3 Å². The summed E-state index contributed by atoms with van der Waals surface area (Å²) >= 11 is 0. The molecule has 0 radical (unpaired) electrons. The van der Waals surface area contributed by atoms with Crippen LogP contribution in [0.15, 0.2) is 0 Å². The van der Waals surface area contributed by atoms with E-state index < -0.39 is 29.5 Å². The topological polar surface area (TPSA) is 105 Å². The summed E-state index contributed by atoms with van der Waals surface area (Å²) in [5.74, 6) is -0.131. The van der Waals surface area contributed by atoms with Crippen molar-refractivity contribution in [1.29, 1.82) is 0 Å². The largest absolute Gasteiger partial charge is 0.464 e. The van der Waals surface area contributed by atoms with Gasteiger partial charge in [0.05, 0.1) is 12.6 Å². The van der Waals surface area contributed by atoms with Gasteiger partial charge in [0.1, 0.15) is 12.6 Å². The summed E-state index contributed by atoms with van der Waals surface area (Å²) in [6.07, 6.45) is 7.29. The average Bonchev–Trinajstić information content (AvgIpc) is 3.66. The number of ketones is 1. The van der Waals surface area contributed by atoms with Crippen molar-refractivity contribution in [1.82, 2.24) is 15.5 Å². The maximum Gasteiger partial charge on any atom is 0.325 e. The molecule has 33 heavy (non-hydrogen) atoms. The molecule has 3 rings (SSSR count). The molecule has 0 aromatic carbocycles. The van der Waals surface area contributed by atoms with Gasteiger partial charge >= 0.3 is 12.0 Å².